The molecule has 0 aromatic heterocycles. The summed E-state index contributed by atoms with van der Waals surface area (Å²) >= 11 is 0. The van der Waals surface area contributed by atoms with Crippen LogP contribution in [0.2, 0.25) is 0 Å². The van der Waals surface area contributed by atoms with Crippen molar-refractivity contribution in [3.63, 3.8) is 0 Å². The molecule has 0 spiro atoms. The lowest BCUT2D eigenvalue weighted by atomic mass is 10.2. The van der Waals surface area contributed by atoms with Crippen molar-refractivity contribution in [3.05, 3.63) is 42.2 Å². The highest BCUT2D eigenvalue weighted by molar-refractivity contribution is 5.92. The van der Waals surface area contributed by atoms with Gasteiger partial charge in [-0.25, -0.2) is 4.39 Å². The van der Waals surface area contributed by atoms with E-state index in [1.54, 1.807) is 24.3 Å². The first-order valence-electron chi connectivity index (χ1n) is 9.48. The fourth-order valence-corrected chi connectivity index (χ4v) is 3.50. The zero-order valence-corrected chi connectivity index (χ0v) is 17.0. The summed E-state index contributed by atoms with van der Waals surface area (Å²) in [4.78, 5) is 15.9. The molecule has 1 aliphatic heterocycles. The summed E-state index contributed by atoms with van der Waals surface area (Å²) < 4.78 is 29.0. The average Bonchev–Trinajstić information content (AvgIpc) is 2.74. The molecule has 1 heterocycles. The Labute approximate surface area is 170 Å². The maximum absolute atomic E-state index is 13.1. The van der Waals surface area contributed by atoms with Crippen molar-refractivity contribution in [1.29, 1.82) is 0 Å². The highest BCUT2D eigenvalue weighted by Crippen LogP contribution is 2.39. The smallest absolute Gasteiger partial charge is 0.279 e. The summed E-state index contributed by atoms with van der Waals surface area (Å²) in [5, 5.41) is 2.91. The van der Waals surface area contributed by atoms with Crippen LogP contribution in [-0.2, 0) is 4.79 Å². The van der Waals surface area contributed by atoms with Gasteiger partial charge in [0.15, 0.2) is 18.0 Å². The molecule has 0 saturated carbocycles. The third-order valence-corrected chi connectivity index (χ3v) is 5.02. The van der Waals surface area contributed by atoms with Gasteiger partial charge in [-0.1, -0.05) is 0 Å². The van der Waals surface area contributed by atoms with Gasteiger partial charge in [0.25, 0.3) is 5.91 Å². The average molecular weight is 404 g/mol. The van der Waals surface area contributed by atoms with Crippen molar-refractivity contribution in [3.8, 4) is 17.2 Å². The number of halogens is 1. The van der Waals surface area contributed by atoms with E-state index < -0.39 is 0 Å². The van der Waals surface area contributed by atoms with Crippen molar-refractivity contribution in [2.24, 2.45) is 0 Å². The van der Waals surface area contributed by atoms with Crippen molar-refractivity contribution in [1.82, 2.24) is 0 Å². The summed E-state index contributed by atoms with van der Waals surface area (Å²) in [7, 11) is 4.61. The molecule has 0 radical (unpaired) electrons. The summed E-state index contributed by atoms with van der Waals surface area (Å²) in [6.07, 6.45) is 0. The predicted molar refractivity (Wildman–Crippen MR) is 109 cm³/mol. The number of carbonyl (C=O) groups excluding carboxylic acids is 1. The van der Waals surface area contributed by atoms with Crippen LogP contribution in [-0.4, -0.2) is 60.0 Å². The normalized spacial score (nSPS) is 14.4. The van der Waals surface area contributed by atoms with Crippen LogP contribution in [0.4, 0.5) is 15.8 Å². The number of piperazine rings is 1. The van der Waals surface area contributed by atoms with Crippen LogP contribution >= 0.6 is 0 Å². The second-order valence-electron chi connectivity index (χ2n) is 6.85. The molecule has 3 rings (SSSR count). The predicted octanol–water partition coefficient (Wildman–Crippen LogP) is 1.20. The van der Waals surface area contributed by atoms with E-state index in [1.165, 1.54) is 38.4 Å². The van der Waals surface area contributed by atoms with E-state index in [1.807, 2.05) is 0 Å². The molecule has 0 unspecified atom stereocenters. The van der Waals surface area contributed by atoms with Crippen LogP contribution in [0, 0.1) is 5.82 Å². The Bertz CT molecular complexity index is 811. The van der Waals surface area contributed by atoms with Crippen LogP contribution in [0.25, 0.3) is 0 Å². The molecule has 1 fully saturated rings. The highest BCUT2D eigenvalue weighted by Gasteiger charge is 2.23. The van der Waals surface area contributed by atoms with Gasteiger partial charge in [-0.05, 0) is 24.3 Å². The zero-order valence-electron chi connectivity index (χ0n) is 17.0. The first-order chi connectivity index (χ1) is 14.0. The number of amides is 1. The van der Waals surface area contributed by atoms with Gasteiger partial charge >= 0.3 is 0 Å². The lowest BCUT2D eigenvalue weighted by molar-refractivity contribution is -0.892. The number of anilines is 2. The van der Waals surface area contributed by atoms with Gasteiger partial charge in [-0.3, -0.25) is 4.79 Å². The molecule has 29 heavy (non-hydrogen) atoms. The number of rotatable bonds is 7. The quantitative estimate of drug-likeness (QED) is 0.726. The highest BCUT2D eigenvalue weighted by atomic mass is 19.1. The lowest BCUT2D eigenvalue weighted by Crippen LogP contribution is -3.15. The van der Waals surface area contributed by atoms with E-state index in [9.17, 15) is 9.18 Å². The van der Waals surface area contributed by atoms with Crippen LogP contribution < -0.4 is 29.3 Å². The molecule has 2 N–H and O–H groups in total. The van der Waals surface area contributed by atoms with Crippen LogP contribution in [0.3, 0.4) is 0 Å². The second kappa shape index (κ2) is 9.47. The monoisotopic (exact) mass is 404 g/mol. The van der Waals surface area contributed by atoms with Crippen LogP contribution in [0.5, 0.6) is 17.2 Å². The topological polar surface area (TPSA) is 64.5 Å². The number of nitrogens with zero attached hydrogens (tertiary/aromatic N) is 1. The Morgan fingerprint density at radius 3 is 2.14 bits per heavy atom. The van der Waals surface area contributed by atoms with Gasteiger partial charge in [-0.15, -0.1) is 0 Å². The lowest BCUT2D eigenvalue weighted by Gasteiger charge is -2.33. The van der Waals surface area contributed by atoms with Gasteiger partial charge in [0.2, 0.25) is 5.75 Å². The number of quaternary nitrogens is 1. The third-order valence-electron chi connectivity index (χ3n) is 5.02. The first kappa shape index (κ1) is 20.7. The van der Waals surface area contributed by atoms with E-state index >= 15 is 0 Å². The molecule has 2 aromatic carbocycles. The Morgan fingerprint density at radius 2 is 1.62 bits per heavy atom. The van der Waals surface area contributed by atoms with Gasteiger partial charge in [0.05, 0.1) is 47.5 Å². The van der Waals surface area contributed by atoms with Crippen molar-refractivity contribution >= 4 is 17.3 Å². The molecule has 0 aliphatic carbocycles. The largest absolute Gasteiger partial charge is 0.493 e. The molecule has 1 aliphatic rings. The molecule has 1 saturated heterocycles. The minimum atomic E-state index is -0.235. The Kier molecular flexibility index (Phi) is 6.77. The number of ether oxygens (including phenoxy) is 3. The summed E-state index contributed by atoms with van der Waals surface area (Å²) in [5.74, 6) is 1.14. The summed E-state index contributed by atoms with van der Waals surface area (Å²) in [6.45, 7) is 3.67. The molecule has 0 atom stereocenters. The van der Waals surface area contributed by atoms with Crippen LogP contribution in [0.15, 0.2) is 36.4 Å². The fraction of sp³-hybridized carbons (Fsp3) is 0.381. The van der Waals surface area contributed by atoms with Gasteiger partial charge < -0.3 is 29.3 Å². The minimum Gasteiger partial charge on any atom is -0.493 e. The number of benzene rings is 2. The molecular weight excluding hydrogens is 377 g/mol. The van der Waals surface area contributed by atoms with Crippen molar-refractivity contribution in [2.75, 3.05) is 64.3 Å². The number of carbonyl (C=O) groups is 1. The first-order valence-corrected chi connectivity index (χ1v) is 9.48. The van der Waals surface area contributed by atoms with Gasteiger partial charge in [0.1, 0.15) is 5.82 Å². The SMILES string of the molecule is COc1cc(NC(=O)C[NH+]2CCN(c3ccc(F)cc3)CC2)cc(OC)c1OC. The van der Waals surface area contributed by atoms with E-state index in [-0.39, 0.29) is 11.7 Å². The summed E-state index contributed by atoms with van der Waals surface area (Å²) in [5.41, 5.74) is 1.60. The molecular formula is C21H27FN3O4+. The molecule has 1 amide bonds. The third kappa shape index (κ3) is 5.08. The second-order valence-corrected chi connectivity index (χ2v) is 6.85. The number of methoxy groups -OCH3 is 3. The molecule has 8 heteroatoms. The fourth-order valence-electron chi connectivity index (χ4n) is 3.50. The minimum absolute atomic E-state index is 0.0792. The summed E-state index contributed by atoms with van der Waals surface area (Å²) in [6, 6.07) is 9.94. The van der Waals surface area contributed by atoms with E-state index in [0.29, 0.717) is 29.5 Å². The molecule has 156 valence electrons. The van der Waals surface area contributed by atoms with Crippen molar-refractivity contribution < 1.29 is 28.3 Å². The van der Waals surface area contributed by atoms with Gasteiger partial charge in [-0.2, -0.15) is 0 Å². The Morgan fingerprint density at radius 1 is 1.03 bits per heavy atom. The number of hydrogen-bond donors (Lipinski definition) is 2. The Hall–Kier alpha value is -3.00. The maximum Gasteiger partial charge on any atom is 0.279 e. The van der Waals surface area contributed by atoms with Crippen molar-refractivity contribution in [2.45, 2.75) is 0 Å². The maximum atomic E-state index is 13.1. The van der Waals surface area contributed by atoms with E-state index in [2.05, 4.69) is 10.2 Å². The Balaban J connectivity index is 1.56. The molecule has 0 bridgehead atoms. The molecule has 7 nitrogen and oxygen atoms in total. The standard InChI is InChI=1S/C21H26FN3O4/c1-27-18-12-16(13-19(28-2)21(18)29-3)23-20(26)14-24-8-10-25(11-9-24)17-6-4-15(22)5-7-17/h4-7,12-13H,8-11,14H2,1-3H3,(H,23,26)/p+1. The van der Waals surface area contributed by atoms with E-state index in [0.717, 1.165) is 31.9 Å². The van der Waals surface area contributed by atoms with Crippen LogP contribution in [0.1, 0.15) is 0 Å². The molecule has 2 aromatic rings. The van der Waals surface area contributed by atoms with E-state index in [4.69, 9.17) is 14.2 Å². The zero-order chi connectivity index (χ0) is 20.8. The van der Waals surface area contributed by atoms with Gasteiger partial charge in [0, 0.05) is 23.5 Å². The number of nitrogens with one attached hydrogen (secondary N) is 2. The number of hydrogen-bond acceptors (Lipinski definition) is 5.